The zero-order valence-electron chi connectivity index (χ0n) is 12.0. The summed E-state index contributed by atoms with van der Waals surface area (Å²) in [6.07, 6.45) is 1.07. The standard InChI is InChI=1S/C18H20O/c1-12-7-5-8-13(2)17(12)16(11-19)18-14(3)9-6-10-15(18)4/h5-11,16H,1-4H3. The van der Waals surface area contributed by atoms with E-state index in [9.17, 15) is 4.79 Å². The van der Waals surface area contributed by atoms with Crippen LogP contribution in [0.3, 0.4) is 0 Å². The summed E-state index contributed by atoms with van der Waals surface area (Å²) in [5, 5.41) is 0. The predicted octanol–water partition coefficient (Wildman–Crippen LogP) is 4.25. The van der Waals surface area contributed by atoms with Gasteiger partial charge in [0.05, 0.1) is 5.92 Å². The summed E-state index contributed by atoms with van der Waals surface area (Å²) in [4.78, 5) is 11.7. The summed E-state index contributed by atoms with van der Waals surface area (Å²) < 4.78 is 0. The van der Waals surface area contributed by atoms with Crippen molar-refractivity contribution >= 4 is 6.29 Å². The molecule has 98 valence electrons. The molecule has 0 atom stereocenters. The summed E-state index contributed by atoms with van der Waals surface area (Å²) in [6.45, 7) is 8.30. The predicted molar refractivity (Wildman–Crippen MR) is 79.7 cm³/mol. The van der Waals surface area contributed by atoms with Crippen LogP contribution < -0.4 is 0 Å². The largest absolute Gasteiger partial charge is 0.302 e. The molecule has 2 aromatic rings. The highest BCUT2D eigenvalue weighted by Gasteiger charge is 2.20. The van der Waals surface area contributed by atoms with Gasteiger partial charge in [-0.3, -0.25) is 0 Å². The molecule has 0 amide bonds. The molecule has 0 spiro atoms. The molecule has 2 rings (SSSR count). The van der Waals surface area contributed by atoms with Gasteiger partial charge in [-0.2, -0.15) is 0 Å². The van der Waals surface area contributed by atoms with Crippen molar-refractivity contribution in [2.24, 2.45) is 0 Å². The zero-order valence-corrected chi connectivity index (χ0v) is 12.0. The van der Waals surface area contributed by atoms with Crippen LogP contribution in [-0.2, 0) is 4.79 Å². The fourth-order valence-electron chi connectivity index (χ4n) is 2.92. The Balaban J connectivity index is 2.67. The molecule has 0 heterocycles. The number of carbonyl (C=O) groups is 1. The highest BCUT2D eigenvalue weighted by atomic mass is 16.1. The molecule has 0 aromatic heterocycles. The van der Waals surface area contributed by atoms with Crippen LogP contribution in [0.2, 0.25) is 0 Å². The second-order valence-electron chi connectivity index (χ2n) is 5.22. The van der Waals surface area contributed by atoms with E-state index in [0.29, 0.717) is 0 Å². The van der Waals surface area contributed by atoms with Crippen molar-refractivity contribution in [1.29, 1.82) is 0 Å². The van der Waals surface area contributed by atoms with E-state index in [0.717, 1.165) is 17.4 Å². The third-order valence-electron chi connectivity index (χ3n) is 3.84. The van der Waals surface area contributed by atoms with Crippen LogP contribution in [0.15, 0.2) is 36.4 Å². The first-order valence-electron chi connectivity index (χ1n) is 6.63. The third-order valence-corrected chi connectivity index (χ3v) is 3.84. The summed E-state index contributed by atoms with van der Waals surface area (Å²) in [7, 11) is 0. The van der Waals surface area contributed by atoms with E-state index in [-0.39, 0.29) is 5.92 Å². The minimum absolute atomic E-state index is 0.164. The zero-order chi connectivity index (χ0) is 14.0. The second-order valence-corrected chi connectivity index (χ2v) is 5.22. The fourth-order valence-corrected chi connectivity index (χ4v) is 2.92. The van der Waals surface area contributed by atoms with Gasteiger partial charge in [0.25, 0.3) is 0 Å². The smallest absolute Gasteiger partial charge is 0.131 e. The Kier molecular flexibility index (Phi) is 3.84. The van der Waals surface area contributed by atoms with Gasteiger partial charge in [-0.15, -0.1) is 0 Å². The van der Waals surface area contributed by atoms with Gasteiger partial charge in [0.2, 0.25) is 0 Å². The molecule has 0 bridgehead atoms. The minimum Gasteiger partial charge on any atom is -0.302 e. The maximum Gasteiger partial charge on any atom is 0.131 e. The number of hydrogen-bond donors (Lipinski definition) is 0. The Labute approximate surface area is 115 Å². The van der Waals surface area contributed by atoms with E-state index in [1.165, 1.54) is 22.3 Å². The molecule has 19 heavy (non-hydrogen) atoms. The number of benzene rings is 2. The number of hydrogen-bond acceptors (Lipinski definition) is 1. The Hall–Kier alpha value is -1.89. The van der Waals surface area contributed by atoms with Crippen LogP contribution in [0.4, 0.5) is 0 Å². The first-order chi connectivity index (χ1) is 9.06. The summed E-state index contributed by atoms with van der Waals surface area (Å²) in [6, 6.07) is 12.4. The van der Waals surface area contributed by atoms with Crippen LogP contribution in [0.5, 0.6) is 0 Å². The van der Waals surface area contributed by atoms with Crippen molar-refractivity contribution in [3.63, 3.8) is 0 Å². The molecule has 0 radical (unpaired) electrons. The van der Waals surface area contributed by atoms with Crippen molar-refractivity contribution in [2.75, 3.05) is 0 Å². The minimum atomic E-state index is -0.164. The summed E-state index contributed by atoms with van der Waals surface area (Å²) in [5.74, 6) is -0.164. The monoisotopic (exact) mass is 252 g/mol. The summed E-state index contributed by atoms with van der Waals surface area (Å²) in [5.41, 5.74) is 7.02. The van der Waals surface area contributed by atoms with E-state index in [4.69, 9.17) is 0 Å². The van der Waals surface area contributed by atoms with E-state index in [1.807, 2.05) is 12.1 Å². The molecular weight excluding hydrogens is 232 g/mol. The van der Waals surface area contributed by atoms with E-state index in [2.05, 4.69) is 52.0 Å². The van der Waals surface area contributed by atoms with Crippen LogP contribution >= 0.6 is 0 Å². The Bertz CT molecular complexity index is 519. The highest BCUT2D eigenvalue weighted by Crippen LogP contribution is 2.32. The second kappa shape index (κ2) is 5.40. The van der Waals surface area contributed by atoms with Gasteiger partial charge >= 0.3 is 0 Å². The average Bonchev–Trinajstić information content (AvgIpc) is 2.36. The lowest BCUT2D eigenvalue weighted by atomic mass is 9.83. The molecule has 0 aliphatic heterocycles. The maximum atomic E-state index is 11.7. The lowest BCUT2D eigenvalue weighted by Gasteiger charge is -2.20. The average molecular weight is 252 g/mol. The van der Waals surface area contributed by atoms with Crippen molar-refractivity contribution in [1.82, 2.24) is 0 Å². The lowest BCUT2D eigenvalue weighted by molar-refractivity contribution is -0.108. The maximum absolute atomic E-state index is 11.7. The molecule has 0 aliphatic rings. The van der Waals surface area contributed by atoms with Gasteiger partial charge in [-0.1, -0.05) is 36.4 Å². The Morgan fingerprint density at radius 3 is 1.32 bits per heavy atom. The summed E-state index contributed by atoms with van der Waals surface area (Å²) >= 11 is 0. The molecule has 1 nitrogen and oxygen atoms in total. The molecule has 0 N–H and O–H groups in total. The molecular formula is C18H20O. The van der Waals surface area contributed by atoms with Gasteiger partial charge < -0.3 is 4.79 Å². The number of aryl methyl sites for hydroxylation is 4. The van der Waals surface area contributed by atoms with E-state index >= 15 is 0 Å². The quantitative estimate of drug-likeness (QED) is 0.746. The highest BCUT2D eigenvalue weighted by molar-refractivity contribution is 5.72. The van der Waals surface area contributed by atoms with Crippen LogP contribution in [0.25, 0.3) is 0 Å². The fraction of sp³-hybridized carbons (Fsp3) is 0.278. The van der Waals surface area contributed by atoms with E-state index in [1.54, 1.807) is 0 Å². The lowest BCUT2D eigenvalue weighted by Crippen LogP contribution is -2.10. The van der Waals surface area contributed by atoms with Gasteiger partial charge in [0.15, 0.2) is 0 Å². The Morgan fingerprint density at radius 1 is 0.737 bits per heavy atom. The number of rotatable bonds is 3. The number of carbonyl (C=O) groups excluding carboxylic acids is 1. The van der Waals surface area contributed by atoms with Gasteiger partial charge in [-0.05, 0) is 61.1 Å². The normalized spacial score (nSPS) is 10.8. The Morgan fingerprint density at radius 2 is 1.05 bits per heavy atom. The van der Waals surface area contributed by atoms with Gasteiger partial charge in [0.1, 0.15) is 6.29 Å². The van der Waals surface area contributed by atoms with Crippen molar-refractivity contribution in [2.45, 2.75) is 33.6 Å². The number of aldehydes is 1. The molecule has 0 saturated heterocycles. The van der Waals surface area contributed by atoms with Gasteiger partial charge in [-0.25, -0.2) is 0 Å². The topological polar surface area (TPSA) is 17.1 Å². The van der Waals surface area contributed by atoms with Crippen molar-refractivity contribution in [3.8, 4) is 0 Å². The molecule has 0 fully saturated rings. The first-order valence-corrected chi connectivity index (χ1v) is 6.63. The molecule has 0 saturated carbocycles. The third kappa shape index (κ3) is 2.46. The molecule has 0 aliphatic carbocycles. The van der Waals surface area contributed by atoms with Crippen LogP contribution in [0.1, 0.15) is 39.3 Å². The van der Waals surface area contributed by atoms with Gasteiger partial charge in [0, 0.05) is 0 Å². The molecule has 1 heteroatoms. The van der Waals surface area contributed by atoms with Crippen LogP contribution in [0, 0.1) is 27.7 Å². The molecule has 2 aromatic carbocycles. The first kappa shape index (κ1) is 13.5. The van der Waals surface area contributed by atoms with E-state index < -0.39 is 0 Å². The molecule has 0 unspecified atom stereocenters. The van der Waals surface area contributed by atoms with Crippen molar-refractivity contribution in [3.05, 3.63) is 69.8 Å². The SMILES string of the molecule is Cc1cccc(C)c1C(C=O)c1c(C)cccc1C. The van der Waals surface area contributed by atoms with Crippen molar-refractivity contribution < 1.29 is 4.79 Å². The van der Waals surface area contributed by atoms with Crippen LogP contribution in [-0.4, -0.2) is 6.29 Å².